The van der Waals surface area contributed by atoms with E-state index in [1.807, 2.05) is 0 Å². The molecule has 18 heavy (non-hydrogen) atoms. The van der Waals surface area contributed by atoms with Crippen LogP contribution in [0.1, 0.15) is 33.1 Å². The quantitative estimate of drug-likeness (QED) is 0.802. The number of nitrogens with one attached hydrogen (secondary N) is 1. The zero-order valence-corrected chi connectivity index (χ0v) is 11.1. The van der Waals surface area contributed by atoms with Gasteiger partial charge in [0.15, 0.2) is 0 Å². The summed E-state index contributed by atoms with van der Waals surface area (Å²) in [4.78, 5) is 24.2. The van der Waals surface area contributed by atoms with Gasteiger partial charge in [-0.25, -0.2) is 4.79 Å². The van der Waals surface area contributed by atoms with Crippen molar-refractivity contribution in [3.05, 3.63) is 0 Å². The monoisotopic (exact) mass is 254 g/mol. The van der Waals surface area contributed by atoms with E-state index in [-0.39, 0.29) is 18.0 Å². The molecule has 2 amide bonds. The van der Waals surface area contributed by atoms with Crippen molar-refractivity contribution in [2.24, 2.45) is 17.8 Å². The van der Waals surface area contributed by atoms with E-state index in [9.17, 15) is 9.59 Å². The Bertz CT molecular complexity index is 339. The molecule has 5 nitrogen and oxygen atoms in total. The molecule has 2 rings (SSSR count). The Balaban J connectivity index is 1.78. The summed E-state index contributed by atoms with van der Waals surface area (Å²) in [6.07, 6.45) is 3.39. The maximum atomic E-state index is 11.9. The van der Waals surface area contributed by atoms with Crippen molar-refractivity contribution in [1.82, 2.24) is 10.2 Å². The fraction of sp³-hybridized carbons (Fsp3) is 0.846. The lowest BCUT2D eigenvalue weighted by atomic mass is 9.93. The van der Waals surface area contributed by atoms with Crippen LogP contribution in [0, 0.1) is 17.8 Å². The third-order valence-corrected chi connectivity index (χ3v) is 4.58. The van der Waals surface area contributed by atoms with E-state index in [0.717, 1.165) is 6.42 Å². The molecule has 3 unspecified atom stereocenters. The number of rotatable bonds is 3. The van der Waals surface area contributed by atoms with Gasteiger partial charge in [0.2, 0.25) is 0 Å². The fourth-order valence-electron chi connectivity index (χ4n) is 3.08. The van der Waals surface area contributed by atoms with Gasteiger partial charge in [0.1, 0.15) is 0 Å². The Morgan fingerprint density at radius 3 is 2.50 bits per heavy atom. The van der Waals surface area contributed by atoms with Crippen LogP contribution in [-0.4, -0.2) is 41.1 Å². The number of likely N-dealkylation sites (tertiary alicyclic amines) is 1. The second-order valence-corrected chi connectivity index (χ2v) is 5.60. The number of carboxylic acid groups (broad SMARTS) is 1. The van der Waals surface area contributed by atoms with Gasteiger partial charge in [-0.3, -0.25) is 4.79 Å². The molecule has 0 spiro atoms. The number of carboxylic acids is 1. The highest BCUT2D eigenvalue weighted by Gasteiger charge is 2.38. The fourth-order valence-corrected chi connectivity index (χ4v) is 3.08. The molecule has 1 heterocycles. The Kier molecular flexibility index (Phi) is 3.78. The van der Waals surface area contributed by atoms with Crippen LogP contribution in [0.25, 0.3) is 0 Å². The Hall–Kier alpha value is -1.26. The first-order chi connectivity index (χ1) is 8.52. The molecule has 0 aromatic rings. The summed E-state index contributed by atoms with van der Waals surface area (Å²) in [6.45, 7) is 5.08. The van der Waals surface area contributed by atoms with E-state index in [1.165, 1.54) is 12.8 Å². The average molecular weight is 254 g/mol. The summed E-state index contributed by atoms with van der Waals surface area (Å²) in [7, 11) is 0. The number of carbonyl (C=O) groups excluding carboxylic acids is 1. The molecule has 1 aliphatic carbocycles. The third kappa shape index (κ3) is 2.44. The topological polar surface area (TPSA) is 69.6 Å². The number of carbonyl (C=O) groups is 2. The SMILES string of the molecule is CCC1CCC(NC(=O)N2CC(C(=O)O)C2)C1C. The first-order valence-electron chi connectivity index (χ1n) is 6.81. The average Bonchev–Trinajstić information content (AvgIpc) is 2.57. The first-order valence-corrected chi connectivity index (χ1v) is 6.81. The van der Waals surface area contributed by atoms with Crippen LogP contribution in [0.2, 0.25) is 0 Å². The molecule has 2 fully saturated rings. The lowest BCUT2D eigenvalue weighted by molar-refractivity contribution is -0.146. The number of amides is 2. The molecule has 2 N–H and O–H groups in total. The van der Waals surface area contributed by atoms with E-state index in [4.69, 9.17) is 5.11 Å². The maximum absolute atomic E-state index is 11.9. The molecule has 1 aliphatic heterocycles. The van der Waals surface area contributed by atoms with Crippen LogP contribution in [0.3, 0.4) is 0 Å². The molecule has 1 saturated carbocycles. The van der Waals surface area contributed by atoms with Gasteiger partial charge in [-0.05, 0) is 24.7 Å². The predicted octanol–water partition coefficient (Wildman–Crippen LogP) is 1.54. The highest BCUT2D eigenvalue weighted by Crippen LogP contribution is 2.34. The molecule has 0 bridgehead atoms. The Morgan fingerprint density at radius 1 is 1.33 bits per heavy atom. The molecule has 3 atom stereocenters. The summed E-state index contributed by atoms with van der Waals surface area (Å²) in [6, 6.07) is 0.160. The van der Waals surface area contributed by atoms with Crippen molar-refractivity contribution in [3.63, 3.8) is 0 Å². The zero-order valence-electron chi connectivity index (χ0n) is 11.1. The molecule has 0 aromatic carbocycles. The number of aliphatic carboxylic acids is 1. The van der Waals surface area contributed by atoms with Crippen molar-refractivity contribution in [1.29, 1.82) is 0 Å². The lowest BCUT2D eigenvalue weighted by Crippen LogP contribution is -2.57. The van der Waals surface area contributed by atoms with Gasteiger partial charge in [-0.1, -0.05) is 20.3 Å². The van der Waals surface area contributed by atoms with Gasteiger partial charge in [-0.2, -0.15) is 0 Å². The smallest absolute Gasteiger partial charge is 0.317 e. The molecular weight excluding hydrogens is 232 g/mol. The van der Waals surface area contributed by atoms with Crippen molar-refractivity contribution in [2.75, 3.05) is 13.1 Å². The van der Waals surface area contributed by atoms with E-state index in [2.05, 4.69) is 19.2 Å². The largest absolute Gasteiger partial charge is 0.481 e. The summed E-state index contributed by atoms with van der Waals surface area (Å²) in [5.41, 5.74) is 0. The van der Waals surface area contributed by atoms with Crippen LogP contribution < -0.4 is 5.32 Å². The van der Waals surface area contributed by atoms with E-state index in [0.29, 0.717) is 24.9 Å². The van der Waals surface area contributed by atoms with Gasteiger partial charge in [0, 0.05) is 19.1 Å². The van der Waals surface area contributed by atoms with Crippen molar-refractivity contribution in [3.8, 4) is 0 Å². The standard InChI is InChI=1S/C13H22N2O3/c1-3-9-4-5-11(8(9)2)14-13(18)15-6-10(7-15)12(16)17/h8-11H,3-7H2,1-2H3,(H,14,18)(H,16,17). The molecule has 0 aromatic heterocycles. The Labute approximate surface area is 108 Å². The minimum atomic E-state index is -0.806. The highest BCUT2D eigenvalue weighted by molar-refractivity contribution is 5.80. The summed E-state index contributed by atoms with van der Waals surface area (Å²) >= 11 is 0. The Morgan fingerprint density at radius 2 is 2.00 bits per heavy atom. The highest BCUT2D eigenvalue weighted by atomic mass is 16.4. The minimum Gasteiger partial charge on any atom is -0.481 e. The van der Waals surface area contributed by atoms with Crippen LogP contribution in [0.15, 0.2) is 0 Å². The normalized spacial score (nSPS) is 32.1. The second kappa shape index (κ2) is 5.16. The third-order valence-electron chi connectivity index (χ3n) is 4.58. The summed E-state index contributed by atoms with van der Waals surface area (Å²) in [5, 5.41) is 11.8. The van der Waals surface area contributed by atoms with Crippen molar-refractivity contribution < 1.29 is 14.7 Å². The van der Waals surface area contributed by atoms with Gasteiger partial charge in [0.25, 0.3) is 0 Å². The van der Waals surface area contributed by atoms with Gasteiger partial charge >= 0.3 is 12.0 Å². The first kappa shape index (κ1) is 13.2. The van der Waals surface area contributed by atoms with Crippen LogP contribution in [0.5, 0.6) is 0 Å². The molecular formula is C13H22N2O3. The number of urea groups is 1. The van der Waals surface area contributed by atoms with Crippen LogP contribution >= 0.6 is 0 Å². The zero-order chi connectivity index (χ0) is 13.3. The second-order valence-electron chi connectivity index (χ2n) is 5.60. The molecule has 102 valence electrons. The number of nitrogens with zero attached hydrogens (tertiary/aromatic N) is 1. The van der Waals surface area contributed by atoms with Gasteiger partial charge in [-0.15, -0.1) is 0 Å². The molecule has 0 radical (unpaired) electrons. The summed E-state index contributed by atoms with van der Waals surface area (Å²) < 4.78 is 0. The van der Waals surface area contributed by atoms with E-state index >= 15 is 0 Å². The van der Waals surface area contributed by atoms with Crippen LogP contribution in [0.4, 0.5) is 4.79 Å². The molecule has 5 heteroatoms. The maximum Gasteiger partial charge on any atom is 0.317 e. The molecule has 2 aliphatic rings. The van der Waals surface area contributed by atoms with E-state index < -0.39 is 5.97 Å². The minimum absolute atomic E-state index is 0.0962. The number of hydrogen-bond acceptors (Lipinski definition) is 2. The predicted molar refractivity (Wildman–Crippen MR) is 67.2 cm³/mol. The van der Waals surface area contributed by atoms with Crippen molar-refractivity contribution >= 4 is 12.0 Å². The number of hydrogen-bond donors (Lipinski definition) is 2. The van der Waals surface area contributed by atoms with Gasteiger partial charge < -0.3 is 15.3 Å². The van der Waals surface area contributed by atoms with E-state index in [1.54, 1.807) is 4.90 Å². The summed E-state index contributed by atoms with van der Waals surface area (Å²) in [5.74, 6) is 0.0495. The van der Waals surface area contributed by atoms with Crippen LogP contribution in [-0.2, 0) is 4.79 Å². The lowest BCUT2D eigenvalue weighted by Gasteiger charge is -2.37. The van der Waals surface area contributed by atoms with Gasteiger partial charge in [0.05, 0.1) is 5.92 Å². The molecule has 1 saturated heterocycles. The van der Waals surface area contributed by atoms with Crippen molar-refractivity contribution in [2.45, 2.75) is 39.2 Å².